The molecule has 1 aromatic carbocycles. The highest BCUT2D eigenvalue weighted by Gasteiger charge is 2.36. The van der Waals surface area contributed by atoms with Crippen LogP contribution in [0.4, 0.5) is 8.78 Å². The maximum atomic E-state index is 13.5. The summed E-state index contributed by atoms with van der Waals surface area (Å²) in [6, 6.07) is 11.2. The van der Waals surface area contributed by atoms with Gasteiger partial charge in [-0.3, -0.25) is 4.40 Å². The third kappa shape index (κ3) is 4.05. The van der Waals surface area contributed by atoms with E-state index in [1.54, 1.807) is 18.3 Å². The molecule has 2 N–H and O–H groups in total. The highest BCUT2D eigenvalue weighted by molar-refractivity contribution is 6.36. The third-order valence-corrected chi connectivity index (χ3v) is 6.29. The van der Waals surface area contributed by atoms with E-state index in [0.29, 0.717) is 41.3 Å². The molecule has 1 aliphatic heterocycles. The lowest BCUT2D eigenvalue weighted by Crippen LogP contribution is -3.12. The molecular weight excluding hydrogens is 443 g/mol. The van der Waals surface area contributed by atoms with E-state index in [2.05, 4.69) is 9.97 Å². The number of aromatic amines is 1. The first kappa shape index (κ1) is 20.4. The maximum Gasteiger partial charge on any atom is 0.258 e. The fourth-order valence-electron chi connectivity index (χ4n) is 4.06. The van der Waals surface area contributed by atoms with E-state index in [1.165, 1.54) is 0 Å². The van der Waals surface area contributed by atoms with Crippen LogP contribution < -0.4 is 4.90 Å². The number of hydrogen-bond donors (Lipinski definition) is 2. The van der Waals surface area contributed by atoms with Crippen LogP contribution in [0.15, 0.2) is 48.8 Å². The molecular formula is C22H20Cl2F2N5+. The number of nitrogens with one attached hydrogen (secondary N) is 2. The minimum absolute atomic E-state index is 0.0790. The van der Waals surface area contributed by atoms with Crippen LogP contribution in [0.3, 0.4) is 0 Å². The van der Waals surface area contributed by atoms with E-state index < -0.39 is 5.92 Å². The summed E-state index contributed by atoms with van der Waals surface area (Å²) in [5, 5.41) is 1.09. The van der Waals surface area contributed by atoms with Gasteiger partial charge in [0.2, 0.25) is 0 Å². The van der Waals surface area contributed by atoms with Gasteiger partial charge in [0.25, 0.3) is 5.92 Å². The molecule has 0 spiro atoms. The van der Waals surface area contributed by atoms with Crippen LogP contribution >= 0.6 is 23.2 Å². The summed E-state index contributed by atoms with van der Waals surface area (Å²) in [4.78, 5) is 13.8. The third-order valence-electron chi connectivity index (χ3n) is 5.74. The standard InChI is InChI=1S/C22H19Cl2F2N5/c23-14-4-5-15(16(24)11-14)17-12-27-20(28-17)21-29-18(19-3-1-2-8-31(19)21)13-30-9-6-22(25,26)7-10-30/h1-5,8,11-12H,6-7,9-10,13H2,(H,27,28)/p+1. The fraction of sp³-hybridized carbons (Fsp3) is 0.273. The number of likely N-dealkylation sites (tertiary alicyclic amines) is 1. The Bertz CT molecular complexity index is 1240. The number of alkyl halides is 2. The molecule has 1 fully saturated rings. The summed E-state index contributed by atoms with van der Waals surface area (Å²) in [6.07, 6.45) is 3.49. The van der Waals surface area contributed by atoms with E-state index in [-0.39, 0.29) is 12.8 Å². The van der Waals surface area contributed by atoms with E-state index in [4.69, 9.17) is 28.2 Å². The monoisotopic (exact) mass is 462 g/mol. The maximum absolute atomic E-state index is 13.5. The summed E-state index contributed by atoms with van der Waals surface area (Å²) < 4.78 is 29.0. The number of fused-ring (bicyclic) bond motifs is 1. The van der Waals surface area contributed by atoms with Crippen molar-refractivity contribution in [1.29, 1.82) is 0 Å². The average molecular weight is 463 g/mol. The summed E-state index contributed by atoms with van der Waals surface area (Å²) >= 11 is 12.3. The fourth-order valence-corrected chi connectivity index (χ4v) is 4.57. The van der Waals surface area contributed by atoms with Crippen molar-refractivity contribution in [1.82, 2.24) is 19.4 Å². The van der Waals surface area contributed by atoms with Gasteiger partial charge >= 0.3 is 0 Å². The Labute approximate surface area is 187 Å². The molecule has 4 aromatic rings. The number of aromatic nitrogens is 4. The number of benzene rings is 1. The first-order chi connectivity index (χ1) is 14.9. The smallest absolute Gasteiger partial charge is 0.258 e. The largest absolute Gasteiger partial charge is 0.335 e. The zero-order valence-electron chi connectivity index (χ0n) is 16.5. The SMILES string of the molecule is FC1(F)CC[NH+](Cc2nc(-c3ncc(-c4ccc(Cl)cc4Cl)[nH]3)n3ccccc23)CC1. The van der Waals surface area contributed by atoms with Gasteiger partial charge in [0.05, 0.1) is 48.4 Å². The van der Waals surface area contributed by atoms with Crippen molar-refractivity contribution < 1.29 is 13.7 Å². The van der Waals surface area contributed by atoms with Crippen molar-refractivity contribution in [2.24, 2.45) is 0 Å². The predicted molar refractivity (Wildman–Crippen MR) is 117 cm³/mol. The number of imidazole rings is 2. The zero-order chi connectivity index (χ0) is 21.6. The number of H-pyrrole nitrogens is 1. The van der Waals surface area contributed by atoms with Gasteiger partial charge in [-0.15, -0.1) is 0 Å². The van der Waals surface area contributed by atoms with Crippen LogP contribution in [0, 0.1) is 0 Å². The second-order valence-corrected chi connectivity index (χ2v) is 8.73. The topological polar surface area (TPSA) is 50.4 Å². The van der Waals surface area contributed by atoms with Crippen molar-refractivity contribution >= 4 is 28.7 Å². The number of piperidine rings is 1. The molecule has 0 amide bonds. The van der Waals surface area contributed by atoms with E-state index in [1.807, 2.05) is 34.9 Å². The second kappa shape index (κ2) is 7.89. The molecule has 3 aromatic heterocycles. The summed E-state index contributed by atoms with van der Waals surface area (Å²) in [7, 11) is 0. The summed E-state index contributed by atoms with van der Waals surface area (Å²) in [5.41, 5.74) is 3.38. The van der Waals surface area contributed by atoms with Crippen molar-refractivity contribution in [2.75, 3.05) is 13.1 Å². The highest BCUT2D eigenvalue weighted by Crippen LogP contribution is 2.31. The van der Waals surface area contributed by atoms with Crippen LogP contribution in [0.5, 0.6) is 0 Å². The van der Waals surface area contributed by atoms with Gasteiger partial charge in [-0.1, -0.05) is 29.3 Å². The molecule has 0 radical (unpaired) electrons. The van der Waals surface area contributed by atoms with Gasteiger partial charge in [-0.25, -0.2) is 18.7 Å². The number of rotatable bonds is 4. The first-order valence-electron chi connectivity index (χ1n) is 10.1. The van der Waals surface area contributed by atoms with Gasteiger partial charge in [0.1, 0.15) is 12.2 Å². The van der Waals surface area contributed by atoms with Crippen LogP contribution in [0.2, 0.25) is 10.0 Å². The van der Waals surface area contributed by atoms with E-state index >= 15 is 0 Å². The Hall–Kier alpha value is -2.48. The summed E-state index contributed by atoms with van der Waals surface area (Å²) in [6.45, 7) is 1.47. The van der Waals surface area contributed by atoms with E-state index in [9.17, 15) is 8.78 Å². The summed E-state index contributed by atoms with van der Waals surface area (Å²) in [5.74, 6) is -1.27. The minimum atomic E-state index is -2.54. The lowest BCUT2D eigenvalue weighted by molar-refractivity contribution is -0.921. The van der Waals surface area contributed by atoms with Crippen molar-refractivity contribution in [3.63, 3.8) is 0 Å². The minimum Gasteiger partial charge on any atom is -0.335 e. The average Bonchev–Trinajstić information content (AvgIpc) is 3.35. The zero-order valence-corrected chi connectivity index (χ0v) is 18.0. The molecule has 0 aliphatic carbocycles. The molecule has 1 saturated heterocycles. The van der Waals surface area contributed by atoms with Crippen molar-refractivity contribution in [3.8, 4) is 22.9 Å². The molecule has 9 heteroatoms. The second-order valence-electron chi connectivity index (χ2n) is 7.89. The predicted octanol–water partition coefficient (Wildman–Crippen LogP) is 4.51. The number of nitrogens with zero attached hydrogens (tertiary/aromatic N) is 3. The molecule has 5 nitrogen and oxygen atoms in total. The molecule has 31 heavy (non-hydrogen) atoms. The Kier molecular flexibility index (Phi) is 5.20. The number of hydrogen-bond acceptors (Lipinski definition) is 2. The Balaban J connectivity index is 1.48. The van der Waals surface area contributed by atoms with E-state index in [0.717, 1.165) is 27.4 Å². The Morgan fingerprint density at radius 3 is 2.71 bits per heavy atom. The molecule has 0 atom stereocenters. The number of pyridine rings is 1. The molecule has 0 unspecified atom stereocenters. The van der Waals surface area contributed by atoms with Gasteiger partial charge in [0.15, 0.2) is 11.6 Å². The van der Waals surface area contributed by atoms with Crippen molar-refractivity contribution in [2.45, 2.75) is 25.3 Å². The van der Waals surface area contributed by atoms with Crippen molar-refractivity contribution in [3.05, 3.63) is 64.5 Å². The van der Waals surface area contributed by atoms with Gasteiger partial charge in [-0.05, 0) is 30.3 Å². The van der Waals surface area contributed by atoms with Crippen LogP contribution in [0.25, 0.3) is 28.4 Å². The van der Waals surface area contributed by atoms with Crippen LogP contribution in [0.1, 0.15) is 18.5 Å². The van der Waals surface area contributed by atoms with Crippen LogP contribution in [-0.4, -0.2) is 38.4 Å². The lowest BCUT2D eigenvalue weighted by Gasteiger charge is -2.28. The van der Waals surface area contributed by atoms with Gasteiger partial charge in [0, 0.05) is 16.8 Å². The molecule has 1 aliphatic rings. The van der Waals surface area contributed by atoms with Gasteiger partial charge < -0.3 is 9.88 Å². The quantitative estimate of drug-likeness (QED) is 0.468. The molecule has 0 saturated carbocycles. The molecule has 4 heterocycles. The number of halogens is 4. The Morgan fingerprint density at radius 1 is 1.13 bits per heavy atom. The number of quaternary nitrogens is 1. The molecule has 5 rings (SSSR count). The highest BCUT2D eigenvalue weighted by atomic mass is 35.5. The molecule has 160 valence electrons. The Morgan fingerprint density at radius 2 is 1.94 bits per heavy atom. The first-order valence-corrected chi connectivity index (χ1v) is 10.8. The van der Waals surface area contributed by atoms with Crippen LogP contribution in [-0.2, 0) is 6.54 Å². The normalized spacial score (nSPS) is 16.8. The molecule has 0 bridgehead atoms. The lowest BCUT2D eigenvalue weighted by atomic mass is 10.1. The van der Waals surface area contributed by atoms with Gasteiger partial charge in [-0.2, -0.15) is 0 Å².